The highest BCUT2D eigenvalue weighted by atomic mass is 35.5. The number of benzene rings is 4. The summed E-state index contributed by atoms with van der Waals surface area (Å²) in [6, 6.07) is 22.9. The maximum atomic E-state index is 14.2. The maximum absolute atomic E-state index is 14.2. The van der Waals surface area contributed by atoms with Crippen molar-refractivity contribution in [2.24, 2.45) is 0 Å². The fourth-order valence-corrected chi connectivity index (χ4v) is 5.59. The summed E-state index contributed by atoms with van der Waals surface area (Å²) in [5, 5.41) is 2.31. The number of carbonyl (C=O) groups excluding carboxylic acids is 2. The molecule has 0 radical (unpaired) electrons. The Morgan fingerprint density at radius 3 is 2.10 bits per heavy atom. The first kappa shape index (κ1) is 26.8. The third kappa shape index (κ3) is 5.14. The Labute approximate surface area is 233 Å². The van der Waals surface area contributed by atoms with E-state index >= 15 is 0 Å². The standard InChI is InChI=1S/C30H21ClF3NO3S/c31-25-13-18(26(27(28(25)39)30(32,33)34)19-8-2-1-7-17(19)15-36)14-35-29(37)38-16-24-22-11-5-3-9-20(22)21-10-4-6-12-23(21)24/h1-13,15,24,39H,14,16H2,(H,35,37). The topological polar surface area (TPSA) is 55.4 Å². The minimum atomic E-state index is -4.83. The largest absolute Gasteiger partial charge is 0.449 e. The Morgan fingerprint density at radius 1 is 0.949 bits per heavy atom. The number of fused-ring (bicyclic) bond motifs is 3. The van der Waals surface area contributed by atoms with Crippen LogP contribution in [0.5, 0.6) is 0 Å². The first-order chi connectivity index (χ1) is 18.7. The van der Waals surface area contributed by atoms with Gasteiger partial charge < -0.3 is 10.1 Å². The molecule has 39 heavy (non-hydrogen) atoms. The number of alkyl carbamates (subject to hydrolysis) is 1. The number of amides is 1. The van der Waals surface area contributed by atoms with Crippen molar-refractivity contribution < 1.29 is 27.5 Å². The molecule has 0 aliphatic heterocycles. The summed E-state index contributed by atoms with van der Waals surface area (Å²) in [7, 11) is 0. The van der Waals surface area contributed by atoms with Gasteiger partial charge in [0.1, 0.15) is 6.61 Å². The molecule has 1 N–H and O–H groups in total. The Kier molecular flexibility index (Phi) is 7.42. The number of rotatable bonds is 6. The van der Waals surface area contributed by atoms with Gasteiger partial charge in [0.25, 0.3) is 0 Å². The number of thiol groups is 1. The van der Waals surface area contributed by atoms with Crippen molar-refractivity contribution in [1.29, 1.82) is 0 Å². The van der Waals surface area contributed by atoms with E-state index in [1.807, 2.05) is 48.5 Å². The lowest BCUT2D eigenvalue weighted by Gasteiger charge is -2.22. The van der Waals surface area contributed by atoms with E-state index in [1.165, 1.54) is 24.3 Å². The molecule has 9 heteroatoms. The highest BCUT2D eigenvalue weighted by Crippen LogP contribution is 2.46. The number of hydrogen-bond donors (Lipinski definition) is 2. The molecule has 1 aliphatic carbocycles. The summed E-state index contributed by atoms with van der Waals surface area (Å²) in [5.41, 5.74) is 3.01. The van der Waals surface area contributed by atoms with Crippen LogP contribution in [0.3, 0.4) is 0 Å². The molecule has 4 nitrogen and oxygen atoms in total. The summed E-state index contributed by atoms with van der Waals surface area (Å²) >= 11 is 10.1. The Hall–Kier alpha value is -3.75. The van der Waals surface area contributed by atoms with E-state index in [-0.39, 0.29) is 46.3 Å². The van der Waals surface area contributed by atoms with Gasteiger partial charge in [0.15, 0.2) is 6.29 Å². The number of carbonyl (C=O) groups is 2. The average molecular weight is 568 g/mol. The van der Waals surface area contributed by atoms with Crippen LogP contribution in [0.25, 0.3) is 22.3 Å². The van der Waals surface area contributed by atoms with Crippen molar-refractivity contribution in [1.82, 2.24) is 5.32 Å². The van der Waals surface area contributed by atoms with Gasteiger partial charge in [-0.25, -0.2) is 4.79 Å². The second-order valence-electron chi connectivity index (χ2n) is 9.00. The van der Waals surface area contributed by atoms with Crippen molar-refractivity contribution in [3.8, 4) is 22.3 Å². The molecule has 0 spiro atoms. The molecule has 5 rings (SSSR count). The number of hydrogen-bond acceptors (Lipinski definition) is 4. The smallest absolute Gasteiger partial charge is 0.418 e. The van der Waals surface area contributed by atoms with Gasteiger partial charge in [-0.3, -0.25) is 4.79 Å². The lowest BCUT2D eigenvalue weighted by atomic mass is 9.91. The van der Waals surface area contributed by atoms with E-state index in [0.717, 1.165) is 22.3 Å². The third-order valence-corrected chi connectivity index (χ3v) is 7.64. The molecule has 4 aromatic carbocycles. The lowest BCUT2D eigenvalue weighted by Crippen LogP contribution is -2.26. The summed E-state index contributed by atoms with van der Waals surface area (Å²) in [5.74, 6) is -0.173. The first-order valence-corrected chi connectivity index (χ1v) is 12.8. The van der Waals surface area contributed by atoms with Crippen LogP contribution in [0.2, 0.25) is 5.02 Å². The fourth-order valence-electron chi connectivity index (χ4n) is 5.06. The zero-order valence-electron chi connectivity index (χ0n) is 20.3. The van der Waals surface area contributed by atoms with Crippen LogP contribution in [-0.2, 0) is 17.5 Å². The molecule has 1 amide bonds. The van der Waals surface area contributed by atoms with Gasteiger partial charge in [-0.05, 0) is 39.4 Å². The zero-order chi connectivity index (χ0) is 27.7. The summed E-state index contributed by atoms with van der Waals surface area (Å²) in [4.78, 5) is 23.9. The minimum Gasteiger partial charge on any atom is -0.449 e. The van der Waals surface area contributed by atoms with Crippen molar-refractivity contribution in [2.75, 3.05) is 6.61 Å². The normalized spacial score (nSPS) is 12.5. The summed E-state index contributed by atoms with van der Waals surface area (Å²) in [6.45, 7) is -0.277. The van der Waals surface area contributed by atoms with E-state index in [0.29, 0.717) is 6.29 Å². The van der Waals surface area contributed by atoms with E-state index in [1.54, 1.807) is 6.07 Å². The van der Waals surface area contributed by atoms with Gasteiger partial charge in [0, 0.05) is 28.5 Å². The monoisotopic (exact) mass is 567 g/mol. The minimum absolute atomic E-state index is 0.0465. The van der Waals surface area contributed by atoms with Gasteiger partial charge in [0.2, 0.25) is 0 Å². The molecule has 0 unspecified atom stereocenters. The van der Waals surface area contributed by atoms with E-state index in [9.17, 15) is 22.8 Å². The molecular weight excluding hydrogens is 547 g/mol. The number of ether oxygens (including phenoxy) is 1. The van der Waals surface area contributed by atoms with Crippen LogP contribution in [0.1, 0.15) is 38.5 Å². The molecule has 0 bridgehead atoms. The Bertz CT molecular complexity index is 1540. The van der Waals surface area contributed by atoms with Gasteiger partial charge >= 0.3 is 12.3 Å². The zero-order valence-corrected chi connectivity index (χ0v) is 21.9. The lowest BCUT2D eigenvalue weighted by molar-refractivity contribution is -0.139. The average Bonchev–Trinajstić information content (AvgIpc) is 3.25. The molecule has 0 aromatic heterocycles. The predicted octanol–water partition coefficient (Wildman–Crippen LogP) is 8.17. The van der Waals surface area contributed by atoms with Crippen LogP contribution >= 0.6 is 24.2 Å². The van der Waals surface area contributed by atoms with Crippen LogP contribution < -0.4 is 5.32 Å². The van der Waals surface area contributed by atoms with Gasteiger partial charge in [0.05, 0.1) is 10.6 Å². The van der Waals surface area contributed by atoms with Crippen molar-refractivity contribution in [2.45, 2.75) is 23.5 Å². The Balaban J connectivity index is 1.41. The maximum Gasteiger partial charge on any atom is 0.418 e. The van der Waals surface area contributed by atoms with E-state index in [4.69, 9.17) is 16.3 Å². The molecule has 0 fully saturated rings. The second-order valence-corrected chi connectivity index (χ2v) is 9.85. The number of nitrogens with one attached hydrogen (secondary N) is 1. The third-order valence-electron chi connectivity index (χ3n) is 6.74. The second kappa shape index (κ2) is 10.8. The Morgan fingerprint density at radius 2 is 1.51 bits per heavy atom. The fraction of sp³-hybridized carbons (Fsp3) is 0.133. The molecule has 4 aromatic rings. The first-order valence-electron chi connectivity index (χ1n) is 12.0. The van der Waals surface area contributed by atoms with Crippen LogP contribution in [0.4, 0.5) is 18.0 Å². The molecule has 0 atom stereocenters. The molecular formula is C30H21ClF3NO3S. The molecule has 198 valence electrons. The highest BCUT2D eigenvalue weighted by molar-refractivity contribution is 7.80. The van der Waals surface area contributed by atoms with Crippen LogP contribution in [-0.4, -0.2) is 19.0 Å². The molecule has 0 saturated carbocycles. The van der Waals surface area contributed by atoms with E-state index < -0.39 is 22.7 Å². The van der Waals surface area contributed by atoms with Crippen LogP contribution in [0.15, 0.2) is 83.8 Å². The highest BCUT2D eigenvalue weighted by Gasteiger charge is 2.38. The number of halogens is 4. The van der Waals surface area contributed by atoms with Crippen molar-refractivity contribution in [3.05, 3.63) is 112 Å². The van der Waals surface area contributed by atoms with Crippen molar-refractivity contribution in [3.63, 3.8) is 0 Å². The number of alkyl halides is 3. The molecule has 1 aliphatic rings. The van der Waals surface area contributed by atoms with Gasteiger partial charge in [-0.15, -0.1) is 12.6 Å². The summed E-state index contributed by atoms with van der Waals surface area (Å²) in [6.07, 6.45) is -5.15. The SMILES string of the molecule is O=Cc1ccccc1-c1c(CNC(=O)OCC2c3ccccc3-c3ccccc32)cc(Cl)c(S)c1C(F)(F)F. The predicted molar refractivity (Wildman–Crippen MR) is 146 cm³/mol. The van der Waals surface area contributed by atoms with Gasteiger partial charge in [-0.2, -0.15) is 13.2 Å². The molecule has 0 heterocycles. The van der Waals surface area contributed by atoms with Crippen LogP contribution in [0, 0.1) is 0 Å². The number of aldehydes is 1. The molecule has 0 saturated heterocycles. The van der Waals surface area contributed by atoms with E-state index in [2.05, 4.69) is 17.9 Å². The summed E-state index contributed by atoms with van der Waals surface area (Å²) < 4.78 is 48.2. The van der Waals surface area contributed by atoms with Crippen molar-refractivity contribution >= 4 is 36.6 Å². The quantitative estimate of drug-likeness (QED) is 0.182. The van der Waals surface area contributed by atoms with Gasteiger partial charge in [-0.1, -0.05) is 84.4 Å².